The molecule has 3 nitrogen and oxygen atoms in total. The van der Waals surface area contributed by atoms with Gasteiger partial charge in [0.2, 0.25) is 0 Å². The lowest BCUT2D eigenvalue weighted by atomic mass is 9.75. The van der Waals surface area contributed by atoms with Gasteiger partial charge in [-0.1, -0.05) is 6.08 Å². The number of carbonyl (C=O) groups is 2. The monoisotopic (exact) mass is 196 g/mol. The minimum absolute atomic E-state index is 0.102. The second-order valence-corrected chi connectivity index (χ2v) is 4.10. The summed E-state index contributed by atoms with van der Waals surface area (Å²) in [7, 11) is 0. The summed E-state index contributed by atoms with van der Waals surface area (Å²) in [6.07, 6.45) is 3.59. The summed E-state index contributed by atoms with van der Waals surface area (Å²) >= 11 is 0. The fraction of sp³-hybridized carbons (Fsp3) is 0.636. The van der Waals surface area contributed by atoms with E-state index in [-0.39, 0.29) is 18.4 Å². The zero-order valence-electron chi connectivity index (χ0n) is 8.92. The summed E-state index contributed by atoms with van der Waals surface area (Å²) in [4.78, 5) is 22.5. The zero-order chi connectivity index (χ0) is 10.8. The number of esters is 1. The Kier molecular flexibility index (Phi) is 3.09. The first-order valence-electron chi connectivity index (χ1n) is 4.81. The van der Waals surface area contributed by atoms with Crippen molar-refractivity contribution in [3.05, 3.63) is 11.6 Å². The van der Waals surface area contributed by atoms with E-state index in [1.807, 2.05) is 19.9 Å². The van der Waals surface area contributed by atoms with Gasteiger partial charge in [0.05, 0.1) is 5.41 Å². The molecule has 14 heavy (non-hydrogen) atoms. The van der Waals surface area contributed by atoms with Crippen molar-refractivity contribution >= 4 is 11.8 Å². The highest BCUT2D eigenvalue weighted by Gasteiger charge is 2.36. The van der Waals surface area contributed by atoms with E-state index in [9.17, 15) is 9.59 Å². The van der Waals surface area contributed by atoms with E-state index < -0.39 is 5.41 Å². The van der Waals surface area contributed by atoms with Crippen LogP contribution >= 0.6 is 0 Å². The summed E-state index contributed by atoms with van der Waals surface area (Å²) in [5.74, 6) is -0.226. The van der Waals surface area contributed by atoms with E-state index in [0.29, 0.717) is 0 Å². The first kappa shape index (κ1) is 11.0. The van der Waals surface area contributed by atoms with Crippen LogP contribution in [0.2, 0.25) is 0 Å². The molecule has 0 bridgehead atoms. The summed E-state index contributed by atoms with van der Waals surface area (Å²) in [6.45, 7) is 5.23. The van der Waals surface area contributed by atoms with E-state index in [2.05, 4.69) is 0 Å². The normalized spacial score (nSPS) is 27.1. The van der Waals surface area contributed by atoms with Crippen molar-refractivity contribution in [3.63, 3.8) is 0 Å². The molecule has 3 heteroatoms. The smallest absolute Gasteiger partial charge is 0.302 e. The first-order chi connectivity index (χ1) is 6.46. The van der Waals surface area contributed by atoms with Gasteiger partial charge in [-0.15, -0.1) is 0 Å². The van der Waals surface area contributed by atoms with Crippen LogP contribution in [-0.4, -0.2) is 18.4 Å². The van der Waals surface area contributed by atoms with Crippen molar-refractivity contribution in [3.8, 4) is 0 Å². The SMILES string of the molecule is CC(=O)OC[C@]1(C)CCC=C(C)C1=O. The van der Waals surface area contributed by atoms with Crippen LogP contribution in [0.3, 0.4) is 0 Å². The Morgan fingerprint density at radius 3 is 2.86 bits per heavy atom. The molecule has 0 spiro atoms. The minimum Gasteiger partial charge on any atom is -0.465 e. The summed E-state index contributed by atoms with van der Waals surface area (Å²) in [6, 6.07) is 0. The predicted molar refractivity (Wildman–Crippen MR) is 52.7 cm³/mol. The Balaban J connectivity index is 2.69. The van der Waals surface area contributed by atoms with Crippen LogP contribution in [0.25, 0.3) is 0 Å². The van der Waals surface area contributed by atoms with Crippen molar-refractivity contribution in [2.24, 2.45) is 5.41 Å². The Morgan fingerprint density at radius 1 is 1.64 bits per heavy atom. The lowest BCUT2D eigenvalue weighted by molar-refractivity contribution is -0.147. The third kappa shape index (κ3) is 2.22. The lowest BCUT2D eigenvalue weighted by Crippen LogP contribution is -2.36. The van der Waals surface area contributed by atoms with Crippen molar-refractivity contribution in [1.29, 1.82) is 0 Å². The molecule has 1 aliphatic rings. The van der Waals surface area contributed by atoms with E-state index in [4.69, 9.17) is 4.74 Å². The highest BCUT2D eigenvalue weighted by atomic mass is 16.5. The van der Waals surface area contributed by atoms with E-state index in [1.165, 1.54) is 6.92 Å². The maximum atomic E-state index is 11.8. The number of rotatable bonds is 2. The Labute approximate surface area is 84.1 Å². The largest absolute Gasteiger partial charge is 0.465 e. The molecule has 0 saturated heterocycles. The Bertz CT molecular complexity index is 291. The van der Waals surface area contributed by atoms with Gasteiger partial charge in [0.15, 0.2) is 5.78 Å². The number of Topliss-reactive ketones (excluding diaryl/α,β-unsaturated/α-hetero) is 1. The topological polar surface area (TPSA) is 43.4 Å². The molecule has 1 atom stereocenters. The molecule has 0 aromatic heterocycles. The van der Waals surface area contributed by atoms with Gasteiger partial charge in [0.25, 0.3) is 0 Å². The van der Waals surface area contributed by atoms with Crippen molar-refractivity contribution in [2.45, 2.75) is 33.6 Å². The fourth-order valence-corrected chi connectivity index (χ4v) is 1.69. The molecule has 0 aliphatic heterocycles. The summed E-state index contributed by atoms with van der Waals surface area (Å²) in [5.41, 5.74) is 0.274. The third-order valence-electron chi connectivity index (χ3n) is 2.65. The summed E-state index contributed by atoms with van der Waals surface area (Å²) < 4.78 is 4.92. The second-order valence-electron chi connectivity index (χ2n) is 4.10. The lowest BCUT2D eigenvalue weighted by Gasteiger charge is -2.30. The number of hydrogen-bond donors (Lipinski definition) is 0. The molecule has 0 N–H and O–H groups in total. The molecule has 1 aliphatic carbocycles. The number of allylic oxidation sites excluding steroid dienone is 2. The number of ether oxygens (including phenoxy) is 1. The first-order valence-corrected chi connectivity index (χ1v) is 4.81. The van der Waals surface area contributed by atoms with Gasteiger partial charge in [-0.3, -0.25) is 9.59 Å². The van der Waals surface area contributed by atoms with Crippen LogP contribution in [-0.2, 0) is 14.3 Å². The van der Waals surface area contributed by atoms with E-state index >= 15 is 0 Å². The molecule has 78 valence electrons. The average molecular weight is 196 g/mol. The number of carbonyl (C=O) groups excluding carboxylic acids is 2. The van der Waals surface area contributed by atoms with E-state index in [1.54, 1.807) is 0 Å². The van der Waals surface area contributed by atoms with Gasteiger partial charge in [0, 0.05) is 6.92 Å². The fourth-order valence-electron chi connectivity index (χ4n) is 1.69. The van der Waals surface area contributed by atoms with Gasteiger partial charge in [-0.2, -0.15) is 0 Å². The molecule has 1 rings (SSSR count). The predicted octanol–water partition coefficient (Wildman–Crippen LogP) is 1.86. The van der Waals surface area contributed by atoms with Crippen LogP contribution < -0.4 is 0 Å². The highest BCUT2D eigenvalue weighted by molar-refractivity contribution is 6.00. The van der Waals surface area contributed by atoms with Crippen molar-refractivity contribution < 1.29 is 14.3 Å². The number of hydrogen-bond acceptors (Lipinski definition) is 3. The molecule has 0 aromatic rings. The molecular weight excluding hydrogens is 180 g/mol. The van der Waals surface area contributed by atoms with Crippen LogP contribution in [0.4, 0.5) is 0 Å². The maximum Gasteiger partial charge on any atom is 0.302 e. The highest BCUT2D eigenvalue weighted by Crippen LogP contribution is 2.32. The van der Waals surface area contributed by atoms with Crippen LogP contribution in [0.15, 0.2) is 11.6 Å². The minimum atomic E-state index is -0.509. The summed E-state index contributed by atoms with van der Waals surface area (Å²) in [5, 5.41) is 0. The van der Waals surface area contributed by atoms with Gasteiger partial charge in [-0.25, -0.2) is 0 Å². The second kappa shape index (κ2) is 3.95. The molecule has 0 unspecified atom stereocenters. The van der Waals surface area contributed by atoms with Gasteiger partial charge in [-0.05, 0) is 32.3 Å². The number of ketones is 1. The molecule has 0 saturated carbocycles. The molecule has 0 amide bonds. The average Bonchev–Trinajstić information content (AvgIpc) is 2.11. The zero-order valence-corrected chi connectivity index (χ0v) is 8.92. The van der Waals surface area contributed by atoms with Gasteiger partial charge >= 0.3 is 5.97 Å². The molecule has 0 heterocycles. The van der Waals surface area contributed by atoms with Crippen molar-refractivity contribution in [1.82, 2.24) is 0 Å². The molecular formula is C11H16O3. The quantitative estimate of drug-likeness (QED) is 0.633. The van der Waals surface area contributed by atoms with Crippen molar-refractivity contribution in [2.75, 3.05) is 6.61 Å². The maximum absolute atomic E-state index is 11.8. The molecule has 0 aromatic carbocycles. The van der Waals surface area contributed by atoms with Crippen LogP contribution in [0.1, 0.15) is 33.6 Å². The standard InChI is InChI=1S/C11H16O3/c1-8-5-4-6-11(3,10(8)13)7-14-9(2)12/h5H,4,6-7H2,1-3H3/t11-/m0/s1. The molecule has 0 radical (unpaired) electrons. The molecule has 0 fully saturated rings. The van der Waals surface area contributed by atoms with Gasteiger partial charge < -0.3 is 4.74 Å². The van der Waals surface area contributed by atoms with E-state index in [0.717, 1.165) is 18.4 Å². The third-order valence-corrected chi connectivity index (χ3v) is 2.65. The van der Waals surface area contributed by atoms with Crippen LogP contribution in [0.5, 0.6) is 0 Å². The van der Waals surface area contributed by atoms with Gasteiger partial charge in [0.1, 0.15) is 6.61 Å². The Hall–Kier alpha value is -1.12. The Morgan fingerprint density at radius 2 is 2.29 bits per heavy atom. The van der Waals surface area contributed by atoms with Crippen LogP contribution in [0, 0.1) is 5.41 Å².